The SMILES string of the molecule is COc1ccc2[nH]c(C)c(CC(N)=O)c2c1-c1nccs1. The molecule has 2 heterocycles. The minimum Gasteiger partial charge on any atom is -0.496 e. The Morgan fingerprint density at radius 1 is 1.48 bits per heavy atom. The quantitative estimate of drug-likeness (QED) is 0.777. The molecular formula is C15H15N3O2S. The lowest BCUT2D eigenvalue weighted by atomic mass is 10.0. The molecule has 0 radical (unpaired) electrons. The van der Waals surface area contributed by atoms with E-state index in [2.05, 4.69) is 9.97 Å². The van der Waals surface area contributed by atoms with Gasteiger partial charge in [0.1, 0.15) is 10.8 Å². The molecular weight excluding hydrogens is 286 g/mol. The molecule has 3 N–H and O–H groups in total. The first kappa shape index (κ1) is 13.6. The van der Waals surface area contributed by atoms with Crippen LogP contribution in [-0.2, 0) is 11.2 Å². The minimum absolute atomic E-state index is 0.192. The number of nitrogens with one attached hydrogen (secondary N) is 1. The average molecular weight is 301 g/mol. The largest absolute Gasteiger partial charge is 0.496 e. The van der Waals surface area contributed by atoms with Crippen molar-refractivity contribution in [1.29, 1.82) is 0 Å². The van der Waals surface area contributed by atoms with E-state index in [1.54, 1.807) is 13.3 Å². The number of methoxy groups -OCH3 is 1. The number of carbonyl (C=O) groups excluding carboxylic acids is 1. The first-order chi connectivity index (χ1) is 10.1. The van der Waals surface area contributed by atoms with Crippen molar-refractivity contribution in [2.24, 2.45) is 5.73 Å². The Labute approximate surface area is 125 Å². The van der Waals surface area contributed by atoms with Gasteiger partial charge in [0.05, 0.1) is 19.1 Å². The van der Waals surface area contributed by atoms with E-state index in [0.29, 0.717) is 0 Å². The number of nitrogens with zero attached hydrogens (tertiary/aromatic N) is 1. The molecule has 1 amide bonds. The summed E-state index contributed by atoms with van der Waals surface area (Å²) in [6, 6.07) is 3.85. The summed E-state index contributed by atoms with van der Waals surface area (Å²) in [4.78, 5) is 19.1. The average Bonchev–Trinajstić information content (AvgIpc) is 3.06. The van der Waals surface area contributed by atoms with Crippen molar-refractivity contribution in [3.05, 3.63) is 35.0 Å². The molecule has 0 aliphatic rings. The third-order valence-electron chi connectivity index (χ3n) is 3.46. The van der Waals surface area contributed by atoms with Crippen LogP contribution >= 0.6 is 11.3 Å². The van der Waals surface area contributed by atoms with E-state index < -0.39 is 0 Å². The second kappa shape index (κ2) is 5.21. The molecule has 2 aromatic heterocycles. The van der Waals surface area contributed by atoms with E-state index in [4.69, 9.17) is 10.5 Å². The van der Waals surface area contributed by atoms with Gasteiger partial charge in [0, 0.05) is 28.2 Å². The van der Waals surface area contributed by atoms with E-state index in [1.807, 2.05) is 24.4 Å². The number of amides is 1. The number of primary amides is 1. The zero-order chi connectivity index (χ0) is 15.0. The molecule has 0 aliphatic carbocycles. The second-order valence-corrected chi connectivity index (χ2v) is 5.67. The van der Waals surface area contributed by atoms with Crippen LogP contribution in [0.15, 0.2) is 23.7 Å². The van der Waals surface area contributed by atoms with Gasteiger partial charge in [-0.05, 0) is 24.6 Å². The highest BCUT2D eigenvalue weighted by Gasteiger charge is 2.20. The number of nitrogens with two attached hydrogens (primary N) is 1. The Morgan fingerprint density at radius 2 is 2.29 bits per heavy atom. The van der Waals surface area contributed by atoms with Gasteiger partial charge in [0.2, 0.25) is 5.91 Å². The summed E-state index contributed by atoms with van der Waals surface area (Å²) >= 11 is 1.54. The van der Waals surface area contributed by atoms with Gasteiger partial charge in [-0.2, -0.15) is 0 Å². The number of aromatic nitrogens is 2. The third kappa shape index (κ3) is 2.27. The molecule has 108 valence electrons. The summed E-state index contributed by atoms with van der Waals surface area (Å²) in [6.07, 6.45) is 1.95. The maximum Gasteiger partial charge on any atom is 0.221 e. The van der Waals surface area contributed by atoms with Crippen molar-refractivity contribution in [1.82, 2.24) is 9.97 Å². The van der Waals surface area contributed by atoms with E-state index in [0.717, 1.165) is 38.5 Å². The number of fused-ring (bicyclic) bond motifs is 1. The molecule has 3 aromatic rings. The van der Waals surface area contributed by atoms with Gasteiger partial charge < -0.3 is 15.5 Å². The fraction of sp³-hybridized carbons (Fsp3) is 0.200. The van der Waals surface area contributed by atoms with Crippen molar-refractivity contribution in [3.8, 4) is 16.3 Å². The Hall–Kier alpha value is -2.34. The van der Waals surface area contributed by atoms with Gasteiger partial charge >= 0.3 is 0 Å². The molecule has 1 aromatic carbocycles. The molecule has 0 aliphatic heterocycles. The zero-order valence-corrected chi connectivity index (χ0v) is 12.6. The van der Waals surface area contributed by atoms with Crippen LogP contribution in [0.25, 0.3) is 21.5 Å². The molecule has 21 heavy (non-hydrogen) atoms. The molecule has 3 rings (SSSR count). The molecule has 0 bridgehead atoms. The highest BCUT2D eigenvalue weighted by Crippen LogP contribution is 2.40. The van der Waals surface area contributed by atoms with Crippen LogP contribution in [0.3, 0.4) is 0 Å². The number of rotatable bonds is 4. The van der Waals surface area contributed by atoms with Gasteiger partial charge in [-0.25, -0.2) is 4.98 Å². The van der Waals surface area contributed by atoms with Crippen molar-refractivity contribution < 1.29 is 9.53 Å². The molecule has 0 spiro atoms. The van der Waals surface area contributed by atoms with Crippen LogP contribution in [0.2, 0.25) is 0 Å². The van der Waals surface area contributed by atoms with Crippen molar-refractivity contribution in [2.45, 2.75) is 13.3 Å². The molecule has 0 fully saturated rings. The summed E-state index contributed by atoms with van der Waals surface area (Å²) < 4.78 is 5.48. The van der Waals surface area contributed by atoms with Crippen molar-refractivity contribution in [2.75, 3.05) is 7.11 Å². The number of H-pyrrole nitrogens is 1. The molecule has 0 atom stereocenters. The number of ether oxygens (including phenoxy) is 1. The molecule has 6 heteroatoms. The molecule has 0 unspecified atom stereocenters. The van der Waals surface area contributed by atoms with Gasteiger partial charge in [-0.3, -0.25) is 4.79 Å². The third-order valence-corrected chi connectivity index (χ3v) is 4.25. The van der Waals surface area contributed by atoms with Crippen molar-refractivity contribution >= 4 is 28.1 Å². The Bertz CT molecular complexity index is 806. The smallest absolute Gasteiger partial charge is 0.221 e. The number of hydrogen-bond acceptors (Lipinski definition) is 4. The summed E-state index contributed by atoms with van der Waals surface area (Å²) in [5, 5.41) is 3.74. The summed E-state index contributed by atoms with van der Waals surface area (Å²) in [5.41, 5.74) is 9.09. The maximum atomic E-state index is 11.4. The zero-order valence-electron chi connectivity index (χ0n) is 11.8. The topological polar surface area (TPSA) is 81.0 Å². The first-order valence-electron chi connectivity index (χ1n) is 6.48. The Morgan fingerprint density at radius 3 is 2.90 bits per heavy atom. The lowest BCUT2D eigenvalue weighted by Gasteiger charge is -2.09. The van der Waals surface area contributed by atoms with Crippen LogP contribution in [0.4, 0.5) is 0 Å². The lowest BCUT2D eigenvalue weighted by molar-refractivity contribution is -0.117. The fourth-order valence-corrected chi connectivity index (χ4v) is 3.28. The summed E-state index contributed by atoms with van der Waals surface area (Å²) in [5.74, 6) is 0.383. The van der Waals surface area contributed by atoms with Crippen LogP contribution in [0.1, 0.15) is 11.3 Å². The van der Waals surface area contributed by atoms with Gasteiger partial charge in [-0.1, -0.05) is 0 Å². The number of thiazole rings is 1. The lowest BCUT2D eigenvalue weighted by Crippen LogP contribution is -2.14. The van der Waals surface area contributed by atoms with Crippen LogP contribution in [0, 0.1) is 6.92 Å². The van der Waals surface area contributed by atoms with Gasteiger partial charge in [0.15, 0.2) is 0 Å². The number of aryl methyl sites for hydroxylation is 1. The van der Waals surface area contributed by atoms with Gasteiger partial charge in [0.25, 0.3) is 0 Å². The number of aromatic amines is 1. The van der Waals surface area contributed by atoms with E-state index in [1.165, 1.54) is 11.3 Å². The highest BCUT2D eigenvalue weighted by atomic mass is 32.1. The second-order valence-electron chi connectivity index (χ2n) is 4.77. The van der Waals surface area contributed by atoms with Crippen LogP contribution in [-0.4, -0.2) is 23.0 Å². The first-order valence-corrected chi connectivity index (χ1v) is 7.36. The fourth-order valence-electron chi connectivity index (χ4n) is 2.59. The number of benzene rings is 1. The van der Waals surface area contributed by atoms with E-state index in [-0.39, 0.29) is 12.3 Å². The molecule has 0 saturated heterocycles. The number of hydrogen-bond donors (Lipinski definition) is 2. The standard InChI is InChI=1S/C15H15N3O2S/c1-8-9(7-12(16)19)13-10(18-8)3-4-11(20-2)14(13)15-17-5-6-21-15/h3-6,18H,7H2,1-2H3,(H2,16,19). The summed E-state index contributed by atoms with van der Waals surface area (Å²) in [7, 11) is 1.63. The summed E-state index contributed by atoms with van der Waals surface area (Å²) in [6.45, 7) is 1.94. The molecule has 0 saturated carbocycles. The highest BCUT2D eigenvalue weighted by molar-refractivity contribution is 7.13. The monoisotopic (exact) mass is 301 g/mol. The normalized spacial score (nSPS) is 11.0. The van der Waals surface area contributed by atoms with E-state index >= 15 is 0 Å². The Balaban J connectivity index is 2.38. The Kier molecular flexibility index (Phi) is 3.39. The van der Waals surface area contributed by atoms with Crippen LogP contribution < -0.4 is 10.5 Å². The minimum atomic E-state index is -0.355. The van der Waals surface area contributed by atoms with Crippen LogP contribution in [0.5, 0.6) is 5.75 Å². The van der Waals surface area contributed by atoms with Gasteiger partial charge in [-0.15, -0.1) is 11.3 Å². The number of carbonyl (C=O) groups is 1. The predicted octanol–water partition coefficient (Wildman–Crippen LogP) is 2.64. The predicted molar refractivity (Wildman–Crippen MR) is 83.6 cm³/mol. The molecule has 5 nitrogen and oxygen atoms in total. The maximum absolute atomic E-state index is 11.4. The van der Waals surface area contributed by atoms with E-state index in [9.17, 15) is 4.79 Å². The van der Waals surface area contributed by atoms with Crippen molar-refractivity contribution in [3.63, 3.8) is 0 Å².